The molecule has 0 saturated carbocycles. The molecule has 2 aliphatic rings. The quantitative estimate of drug-likeness (QED) is 0.852. The molecule has 0 aliphatic carbocycles. The molecule has 2 aliphatic heterocycles. The van der Waals surface area contributed by atoms with Gasteiger partial charge in [0, 0.05) is 38.3 Å². The highest BCUT2D eigenvalue weighted by Crippen LogP contribution is 2.31. The summed E-state index contributed by atoms with van der Waals surface area (Å²) in [5.74, 6) is -0.291. The normalized spacial score (nSPS) is 19.7. The summed E-state index contributed by atoms with van der Waals surface area (Å²) in [4.78, 5) is 21.2. The fourth-order valence-corrected chi connectivity index (χ4v) is 4.11. The molecule has 1 N–H and O–H groups in total. The Morgan fingerprint density at radius 3 is 2.75 bits per heavy atom. The molecule has 4 rings (SSSR count). The Bertz CT molecular complexity index is 854. The predicted octanol–water partition coefficient (Wildman–Crippen LogP) is 4.37. The summed E-state index contributed by atoms with van der Waals surface area (Å²) in [5, 5.41) is 2.97. The van der Waals surface area contributed by atoms with E-state index in [2.05, 4.69) is 15.2 Å². The Hall–Kier alpha value is -2.70. The number of hydrogen-bond acceptors (Lipinski definition) is 3. The minimum absolute atomic E-state index is 0.206. The van der Waals surface area contributed by atoms with Gasteiger partial charge in [-0.2, -0.15) is 0 Å². The molecule has 148 valence electrons. The Morgan fingerprint density at radius 2 is 1.93 bits per heavy atom. The van der Waals surface area contributed by atoms with Crippen molar-refractivity contribution in [2.45, 2.75) is 31.6 Å². The van der Waals surface area contributed by atoms with Gasteiger partial charge < -0.3 is 15.1 Å². The van der Waals surface area contributed by atoms with Crippen molar-refractivity contribution in [2.24, 2.45) is 0 Å². The van der Waals surface area contributed by atoms with Crippen LogP contribution in [0.15, 0.2) is 36.5 Å². The number of benzene rings is 1. The van der Waals surface area contributed by atoms with Gasteiger partial charge in [-0.25, -0.2) is 18.6 Å². The van der Waals surface area contributed by atoms with E-state index in [9.17, 15) is 13.6 Å². The number of anilines is 2. The maximum Gasteiger partial charge on any atom is 0.321 e. The molecular weight excluding hydrogens is 362 g/mol. The van der Waals surface area contributed by atoms with Crippen molar-refractivity contribution in [3.63, 3.8) is 0 Å². The van der Waals surface area contributed by atoms with Gasteiger partial charge >= 0.3 is 6.03 Å². The Balaban J connectivity index is 1.47. The number of aromatic nitrogens is 1. The molecule has 1 aromatic carbocycles. The van der Waals surface area contributed by atoms with Crippen LogP contribution < -0.4 is 10.2 Å². The lowest BCUT2D eigenvalue weighted by Gasteiger charge is -2.33. The first kappa shape index (κ1) is 18.7. The zero-order valence-electron chi connectivity index (χ0n) is 15.7. The maximum atomic E-state index is 14.2. The number of hydrogen-bond donors (Lipinski definition) is 1. The first-order chi connectivity index (χ1) is 13.6. The Morgan fingerprint density at radius 1 is 1.11 bits per heavy atom. The number of rotatable bonds is 3. The average molecular weight is 386 g/mol. The van der Waals surface area contributed by atoms with Crippen LogP contribution in [0.1, 0.15) is 37.2 Å². The first-order valence-electron chi connectivity index (χ1n) is 9.82. The van der Waals surface area contributed by atoms with Gasteiger partial charge in [0.2, 0.25) is 0 Å². The van der Waals surface area contributed by atoms with Crippen molar-refractivity contribution in [1.29, 1.82) is 0 Å². The molecule has 28 heavy (non-hydrogen) atoms. The van der Waals surface area contributed by atoms with Gasteiger partial charge in [-0.05, 0) is 61.6 Å². The van der Waals surface area contributed by atoms with E-state index in [4.69, 9.17) is 0 Å². The molecule has 5 nitrogen and oxygen atoms in total. The van der Waals surface area contributed by atoms with E-state index >= 15 is 0 Å². The lowest BCUT2D eigenvalue weighted by Crippen LogP contribution is -2.42. The number of carbonyl (C=O) groups excluding carboxylic acids is 1. The standard InChI is InChI=1S/C21H24F2N4O/c22-16-7-8-18(23)17(13-16)15-5-4-12-27(14-15)21(28)25-19-6-3-9-24-20(19)26-10-1-2-11-26/h3,6-9,13,15H,1-2,4-5,10-12,14H2,(H,25,28). The topological polar surface area (TPSA) is 48.5 Å². The fraction of sp³-hybridized carbons (Fsp3) is 0.429. The fourth-order valence-electron chi connectivity index (χ4n) is 4.11. The molecule has 7 heteroatoms. The highest BCUT2D eigenvalue weighted by Gasteiger charge is 2.28. The van der Waals surface area contributed by atoms with E-state index in [1.807, 2.05) is 6.07 Å². The third kappa shape index (κ3) is 3.93. The van der Waals surface area contributed by atoms with Gasteiger partial charge in [0.25, 0.3) is 0 Å². The highest BCUT2D eigenvalue weighted by molar-refractivity contribution is 5.92. The van der Waals surface area contributed by atoms with Gasteiger partial charge in [-0.15, -0.1) is 0 Å². The molecule has 2 saturated heterocycles. The van der Waals surface area contributed by atoms with Gasteiger partial charge in [-0.1, -0.05) is 0 Å². The van der Waals surface area contributed by atoms with Crippen LogP contribution in [-0.4, -0.2) is 42.1 Å². The summed E-state index contributed by atoms with van der Waals surface area (Å²) < 4.78 is 27.7. The van der Waals surface area contributed by atoms with Crippen molar-refractivity contribution >= 4 is 17.5 Å². The zero-order chi connectivity index (χ0) is 19.5. The second-order valence-corrected chi connectivity index (χ2v) is 7.45. The van der Waals surface area contributed by atoms with E-state index in [1.165, 1.54) is 6.07 Å². The van der Waals surface area contributed by atoms with E-state index in [-0.39, 0.29) is 11.9 Å². The van der Waals surface area contributed by atoms with Crippen LogP contribution in [0.2, 0.25) is 0 Å². The summed E-state index contributed by atoms with van der Waals surface area (Å²) in [7, 11) is 0. The third-order valence-corrected chi connectivity index (χ3v) is 5.54. The molecule has 0 radical (unpaired) electrons. The first-order valence-corrected chi connectivity index (χ1v) is 9.82. The largest absolute Gasteiger partial charge is 0.355 e. The zero-order valence-corrected chi connectivity index (χ0v) is 15.7. The summed E-state index contributed by atoms with van der Waals surface area (Å²) in [6.07, 6.45) is 5.46. The van der Waals surface area contributed by atoms with E-state index < -0.39 is 11.6 Å². The summed E-state index contributed by atoms with van der Waals surface area (Å²) in [6, 6.07) is 6.95. The van der Waals surface area contributed by atoms with E-state index in [1.54, 1.807) is 17.2 Å². The van der Waals surface area contributed by atoms with Gasteiger partial charge in [0.1, 0.15) is 11.6 Å². The number of amides is 2. The molecule has 2 fully saturated rings. The lowest BCUT2D eigenvalue weighted by molar-refractivity contribution is 0.192. The van der Waals surface area contributed by atoms with Crippen molar-refractivity contribution in [3.05, 3.63) is 53.7 Å². The molecule has 2 aromatic rings. The summed E-state index contributed by atoms with van der Waals surface area (Å²) >= 11 is 0. The molecule has 0 spiro atoms. The number of likely N-dealkylation sites (tertiary alicyclic amines) is 1. The van der Waals surface area contributed by atoms with Crippen LogP contribution >= 0.6 is 0 Å². The highest BCUT2D eigenvalue weighted by atomic mass is 19.1. The van der Waals surface area contributed by atoms with E-state index in [0.29, 0.717) is 24.3 Å². The molecular formula is C21H24F2N4O. The minimum atomic E-state index is -0.455. The molecule has 1 aromatic heterocycles. The SMILES string of the molecule is O=C(Nc1cccnc1N1CCCC1)N1CCCC(c2cc(F)ccc2F)C1. The second-order valence-electron chi connectivity index (χ2n) is 7.45. The van der Waals surface area contributed by atoms with Gasteiger partial charge in [-0.3, -0.25) is 0 Å². The molecule has 3 heterocycles. The van der Waals surface area contributed by atoms with Crippen LogP contribution in [0, 0.1) is 11.6 Å². The molecule has 0 bridgehead atoms. The lowest BCUT2D eigenvalue weighted by atomic mass is 9.90. The van der Waals surface area contributed by atoms with Crippen molar-refractivity contribution in [3.8, 4) is 0 Å². The van der Waals surface area contributed by atoms with E-state index in [0.717, 1.165) is 56.7 Å². The van der Waals surface area contributed by atoms with Crippen LogP contribution in [0.3, 0.4) is 0 Å². The molecule has 2 amide bonds. The van der Waals surface area contributed by atoms with Crippen molar-refractivity contribution in [1.82, 2.24) is 9.88 Å². The van der Waals surface area contributed by atoms with Gasteiger partial charge in [0.05, 0.1) is 5.69 Å². The molecule has 1 atom stereocenters. The number of carbonyl (C=O) groups is 1. The third-order valence-electron chi connectivity index (χ3n) is 5.54. The Kier molecular flexibility index (Phi) is 5.41. The smallest absolute Gasteiger partial charge is 0.321 e. The van der Waals surface area contributed by atoms with Crippen molar-refractivity contribution < 1.29 is 13.6 Å². The summed E-state index contributed by atoms with van der Waals surface area (Å²) in [6.45, 7) is 2.83. The maximum absolute atomic E-state index is 14.2. The van der Waals surface area contributed by atoms with Crippen molar-refractivity contribution in [2.75, 3.05) is 36.4 Å². The van der Waals surface area contributed by atoms with Crippen LogP contribution in [0.4, 0.5) is 25.1 Å². The number of halogens is 2. The molecule has 1 unspecified atom stereocenters. The number of nitrogens with zero attached hydrogens (tertiary/aromatic N) is 3. The average Bonchev–Trinajstić information content (AvgIpc) is 3.25. The van der Waals surface area contributed by atoms with Crippen LogP contribution in [0.5, 0.6) is 0 Å². The predicted molar refractivity (Wildman–Crippen MR) is 105 cm³/mol. The number of urea groups is 1. The Labute approximate surface area is 163 Å². The van der Waals surface area contributed by atoms with Crippen LogP contribution in [-0.2, 0) is 0 Å². The van der Waals surface area contributed by atoms with Gasteiger partial charge in [0.15, 0.2) is 5.82 Å². The van der Waals surface area contributed by atoms with Crippen LogP contribution in [0.25, 0.3) is 0 Å². The monoisotopic (exact) mass is 386 g/mol. The second kappa shape index (κ2) is 8.12. The minimum Gasteiger partial charge on any atom is -0.355 e. The summed E-state index contributed by atoms with van der Waals surface area (Å²) in [5.41, 5.74) is 1.03. The number of piperidine rings is 1. The number of pyridine rings is 1. The number of nitrogens with one attached hydrogen (secondary N) is 1.